The zero-order chi connectivity index (χ0) is 35.3. The third-order valence-corrected chi connectivity index (χ3v) is 14.9. The van der Waals surface area contributed by atoms with E-state index in [0.29, 0.717) is 32.1 Å². The molecule has 274 valence electrons. The highest BCUT2D eigenvalue weighted by atomic mass is 16.7. The zero-order valence-corrected chi connectivity index (χ0v) is 29.7. The van der Waals surface area contributed by atoms with Gasteiger partial charge in [-0.15, -0.1) is 0 Å². The van der Waals surface area contributed by atoms with Crippen LogP contribution in [0.15, 0.2) is 0 Å². The lowest BCUT2D eigenvalue weighted by atomic mass is 9.34. The Balaban J connectivity index is 1.52. The molecule has 17 atom stereocenters. The van der Waals surface area contributed by atoms with E-state index in [2.05, 4.69) is 20.8 Å². The van der Waals surface area contributed by atoms with Crippen LogP contribution in [-0.2, 0) is 9.47 Å². The van der Waals surface area contributed by atoms with Gasteiger partial charge in [-0.3, -0.25) is 0 Å². The predicted octanol–water partition coefficient (Wildman–Crippen LogP) is 1.46. The number of hydrogen-bond donors (Lipinski definition) is 9. The second-order valence-corrected chi connectivity index (χ2v) is 18.4. The fourth-order valence-electron chi connectivity index (χ4n) is 12.0. The van der Waals surface area contributed by atoms with E-state index in [1.807, 2.05) is 13.8 Å². The molecule has 11 heteroatoms. The minimum absolute atomic E-state index is 0.0541. The maximum absolute atomic E-state index is 12.1. The van der Waals surface area contributed by atoms with Crippen molar-refractivity contribution in [1.82, 2.24) is 0 Å². The van der Waals surface area contributed by atoms with Crippen LogP contribution in [0.1, 0.15) is 107 Å². The zero-order valence-electron chi connectivity index (χ0n) is 29.7. The molecule has 0 aromatic rings. The summed E-state index contributed by atoms with van der Waals surface area (Å²) < 4.78 is 12.6. The van der Waals surface area contributed by atoms with Crippen LogP contribution in [0.4, 0.5) is 0 Å². The molecule has 47 heavy (non-hydrogen) atoms. The summed E-state index contributed by atoms with van der Waals surface area (Å²) in [5.41, 5.74) is -4.31. The quantitative estimate of drug-likeness (QED) is 0.169. The molecule has 0 aromatic carbocycles. The lowest BCUT2D eigenvalue weighted by molar-refractivity contribution is -0.346. The Labute approximate surface area is 280 Å². The standard InChI is InChI=1S/C36H64O11/c1-31(2)23(39)10-12-33(5)22-15-19(38)25-18(36(8,45)14-11-24(40)32(3,4)44)9-13-34(25,6)35(22,7)16-20(29(31)33)46-30-28(43)27(42)26(41)21(17-37)47-30/h18-30,37-45H,9-17H2,1-8H3/t18-,19+,20-,21+,22+,23-,24?,25?,26+,27-,28+,29?,30+,33+,34+,35+,36-/m0/s1. The first-order valence-electron chi connectivity index (χ1n) is 17.9. The van der Waals surface area contributed by atoms with Crippen molar-refractivity contribution in [1.29, 1.82) is 0 Å². The van der Waals surface area contributed by atoms with E-state index in [4.69, 9.17) is 9.47 Å². The highest BCUT2D eigenvalue weighted by Crippen LogP contribution is 2.76. The maximum atomic E-state index is 12.1. The van der Waals surface area contributed by atoms with Crippen LogP contribution in [0.5, 0.6) is 0 Å². The van der Waals surface area contributed by atoms with Crippen molar-refractivity contribution in [3.63, 3.8) is 0 Å². The number of aliphatic hydroxyl groups excluding tert-OH is 7. The van der Waals surface area contributed by atoms with Crippen molar-refractivity contribution in [3.05, 3.63) is 0 Å². The first-order chi connectivity index (χ1) is 21.5. The van der Waals surface area contributed by atoms with Gasteiger partial charge in [-0.1, -0.05) is 34.6 Å². The normalized spacial score (nSPS) is 51.8. The minimum atomic E-state index is -1.58. The average Bonchev–Trinajstić information content (AvgIpc) is 3.36. The van der Waals surface area contributed by atoms with E-state index in [1.54, 1.807) is 20.8 Å². The van der Waals surface area contributed by atoms with Crippen molar-refractivity contribution in [2.75, 3.05) is 6.61 Å². The highest BCUT2D eigenvalue weighted by molar-refractivity contribution is 5.22. The Morgan fingerprint density at radius 3 is 2.11 bits per heavy atom. The van der Waals surface area contributed by atoms with Gasteiger partial charge in [-0.2, -0.15) is 0 Å². The summed E-state index contributed by atoms with van der Waals surface area (Å²) in [7, 11) is 0. The summed E-state index contributed by atoms with van der Waals surface area (Å²) in [4.78, 5) is 0. The third-order valence-electron chi connectivity index (χ3n) is 14.9. The Hall–Kier alpha value is -0.440. The molecule has 1 saturated heterocycles. The van der Waals surface area contributed by atoms with Crippen LogP contribution >= 0.6 is 0 Å². The molecule has 5 fully saturated rings. The van der Waals surface area contributed by atoms with Crippen LogP contribution in [-0.4, -0.2) is 119 Å². The largest absolute Gasteiger partial charge is 0.394 e. The molecule has 0 bridgehead atoms. The summed E-state index contributed by atoms with van der Waals surface area (Å²) in [5.74, 6) is -0.638. The molecule has 11 nitrogen and oxygen atoms in total. The molecule has 0 aromatic heterocycles. The molecule has 3 unspecified atom stereocenters. The molecular formula is C36H64O11. The second kappa shape index (κ2) is 12.4. The third kappa shape index (κ3) is 5.85. The topological polar surface area (TPSA) is 201 Å². The van der Waals surface area contributed by atoms with Crippen molar-refractivity contribution in [3.8, 4) is 0 Å². The van der Waals surface area contributed by atoms with Gasteiger partial charge in [0.2, 0.25) is 0 Å². The molecular weight excluding hydrogens is 608 g/mol. The van der Waals surface area contributed by atoms with Crippen LogP contribution in [0, 0.1) is 45.3 Å². The van der Waals surface area contributed by atoms with Crippen molar-refractivity contribution < 1.29 is 55.4 Å². The average molecular weight is 673 g/mol. The molecule has 1 heterocycles. The minimum Gasteiger partial charge on any atom is -0.394 e. The lowest BCUT2D eigenvalue weighted by Gasteiger charge is -2.72. The molecule has 4 aliphatic carbocycles. The Morgan fingerprint density at radius 2 is 1.51 bits per heavy atom. The van der Waals surface area contributed by atoms with Gasteiger partial charge in [0.15, 0.2) is 6.29 Å². The smallest absolute Gasteiger partial charge is 0.186 e. The second-order valence-electron chi connectivity index (χ2n) is 18.4. The number of ether oxygens (including phenoxy) is 2. The van der Waals surface area contributed by atoms with Crippen molar-refractivity contribution >= 4 is 0 Å². The van der Waals surface area contributed by atoms with E-state index in [0.717, 1.165) is 6.42 Å². The van der Waals surface area contributed by atoms with Gasteiger partial charge in [-0.05, 0) is 117 Å². The van der Waals surface area contributed by atoms with Gasteiger partial charge in [0.1, 0.15) is 24.4 Å². The van der Waals surface area contributed by atoms with E-state index < -0.39 is 89.2 Å². The first-order valence-corrected chi connectivity index (χ1v) is 17.9. The predicted molar refractivity (Wildman–Crippen MR) is 173 cm³/mol. The Bertz CT molecular complexity index is 1120. The molecule has 4 saturated carbocycles. The number of aliphatic hydroxyl groups is 9. The Kier molecular flexibility index (Phi) is 9.94. The van der Waals surface area contributed by atoms with Crippen molar-refractivity contribution in [2.24, 2.45) is 45.3 Å². The fraction of sp³-hybridized carbons (Fsp3) is 1.00. The molecule has 0 spiro atoms. The molecule has 1 aliphatic heterocycles. The molecule has 9 N–H and O–H groups in total. The van der Waals surface area contributed by atoms with Gasteiger partial charge in [0.05, 0.1) is 42.2 Å². The summed E-state index contributed by atoms with van der Waals surface area (Å²) in [6, 6.07) is 0. The van der Waals surface area contributed by atoms with Crippen LogP contribution in [0.3, 0.4) is 0 Å². The van der Waals surface area contributed by atoms with Crippen LogP contribution in [0.25, 0.3) is 0 Å². The fourth-order valence-corrected chi connectivity index (χ4v) is 12.0. The Morgan fingerprint density at radius 1 is 0.872 bits per heavy atom. The summed E-state index contributed by atoms with van der Waals surface area (Å²) in [6.45, 7) is 15.2. The van der Waals surface area contributed by atoms with E-state index in [9.17, 15) is 46.0 Å². The van der Waals surface area contributed by atoms with Gasteiger partial charge < -0.3 is 55.4 Å². The SMILES string of the molecule is CC(C)(O)C(O)CC[C@](C)(O)[C@H]1CC[C@]2(C)C1[C@H](O)C[C@@H]1[C@@]3(C)CC[C@H](O)C(C)(C)C3[C@@H](O[C@@H]3O[C@H](CO)[C@@H](O)[C@H](O)[C@H]3O)C[C@]12C. The molecule has 5 rings (SSSR count). The van der Waals surface area contributed by atoms with E-state index >= 15 is 0 Å². The summed E-state index contributed by atoms with van der Waals surface area (Å²) in [5, 5.41) is 98.1. The number of fused-ring (bicyclic) bond motifs is 5. The number of rotatable bonds is 8. The molecule has 0 radical (unpaired) electrons. The van der Waals surface area contributed by atoms with Gasteiger partial charge in [0.25, 0.3) is 0 Å². The van der Waals surface area contributed by atoms with Gasteiger partial charge >= 0.3 is 0 Å². The molecule has 0 amide bonds. The van der Waals surface area contributed by atoms with E-state index in [-0.39, 0.29) is 41.9 Å². The van der Waals surface area contributed by atoms with Crippen LogP contribution < -0.4 is 0 Å². The van der Waals surface area contributed by atoms with E-state index in [1.165, 1.54) is 0 Å². The summed E-state index contributed by atoms with van der Waals surface area (Å²) >= 11 is 0. The monoisotopic (exact) mass is 672 g/mol. The highest BCUT2D eigenvalue weighted by Gasteiger charge is 2.73. The van der Waals surface area contributed by atoms with Crippen LogP contribution in [0.2, 0.25) is 0 Å². The number of hydrogen-bond acceptors (Lipinski definition) is 11. The van der Waals surface area contributed by atoms with Crippen molar-refractivity contribution in [2.45, 2.75) is 173 Å². The van der Waals surface area contributed by atoms with Gasteiger partial charge in [-0.25, -0.2) is 0 Å². The van der Waals surface area contributed by atoms with Gasteiger partial charge in [0, 0.05) is 0 Å². The molecule has 5 aliphatic rings. The maximum Gasteiger partial charge on any atom is 0.186 e. The lowest BCUT2D eigenvalue weighted by Crippen LogP contribution is -2.71. The first kappa shape index (κ1) is 37.8. The summed E-state index contributed by atoms with van der Waals surface area (Å²) in [6.07, 6.45) is -5.58.